The Morgan fingerprint density at radius 2 is 1.86 bits per heavy atom. The van der Waals surface area contributed by atoms with Gasteiger partial charge < -0.3 is 20.1 Å². The van der Waals surface area contributed by atoms with Crippen LogP contribution in [0.3, 0.4) is 0 Å². The molecule has 0 radical (unpaired) electrons. The van der Waals surface area contributed by atoms with Gasteiger partial charge in [-0.25, -0.2) is 4.79 Å². The minimum Gasteiger partial charge on any atom is -0.347 e. The van der Waals surface area contributed by atoms with Crippen LogP contribution >= 0.6 is 11.8 Å². The zero-order chi connectivity index (χ0) is 20.6. The van der Waals surface area contributed by atoms with Gasteiger partial charge in [-0.2, -0.15) is 0 Å². The molecule has 3 aromatic rings. The molecule has 0 aliphatic rings. The number of rotatable bonds is 8. The quantitative estimate of drug-likeness (QED) is 0.435. The molecule has 2 N–H and O–H groups in total. The maximum Gasteiger partial charge on any atom is 0.319 e. The lowest BCUT2D eigenvalue weighted by molar-refractivity contribution is -0.129. The number of anilines is 1. The molecule has 0 unspecified atom stereocenters. The van der Waals surface area contributed by atoms with Crippen LogP contribution in [0, 0.1) is 0 Å². The van der Waals surface area contributed by atoms with Crippen molar-refractivity contribution >= 4 is 40.3 Å². The first kappa shape index (κ1) is 20.8. The van der Waals surface area contributed by atoms with Crippen molar-refractivity contribution in [2.45, 2.75) is 17.9 Å². The Morgan fingerprint density at radius 1 is 1.07 bits per heavy atom. The van der Waals surface area contributed by atoms with Gasteiger partial charge in [0.25, 0.3) is 0 Å². The van der Waals surface area contributed by atoms with E-state index in [9.17, 15) is 9.59 Å². The number of nitrogens with zero attached hydrogens (tertiary/aromatic N) is 2. The molecule has 0 atom stereocenters. The van der Waals surface area contributed by atoms with Crippen molar-refractivity contribution in [1.29, 1.82) is 0 Å². The van der Waals surface area contributed by atoms with Crippen LogP contribution in [0.1, 0.15) is 6.42 Å². The molecule has 0 saturated carbocycles. The van der Waals surface area contributed by atoms with Crippen molar-refractivity contribution in [1.82, 2.24) is 14.8 Å². The predicted octanol–water partition coefficient (Wildman–Crippen LogP) is 4.03. The first-order valence-electron chi connectivity index (χ1n) is 9.54. The van der Waals surface area contributed by atoms with Crippen molar-refractivity contribution in [3.63, 3.8) is 0 Å². The molecular formula is C22H26N4O2S. The molecule has 1 aromatic heterocycles. The van der Waals surface area contributed by atoms with Crippen molar-refractivity contribution in [2.75, 3.05) is 31.7 Å². The van der Waals surface area contributed by atoms with Gasteiger partial charge in [0.1, 0.15) is 6.54 Å². The summed E-state index contributed by atoms with van der Waals surface area (Å²) in [6.07, 6.45) is 2.79. The summed E-state index contributed by atoms with van der Waals surface area (Å²) in [6.45, 7) is 0.918. The molecule has 6 nitrogen and oxygen atoms in total. The SMILES string of the molecule is CN(C)C(=O)Cn1ccc2cc(NC(=O)NCCCSc3ccccc3)ccc21. The van der Waals surface area contributed by atoms with Crippen LogP contribution in [-0.4, -0.2) is 47.8 Å². The van der Waals surface area contributed by atoms with Crippen LogP contribution in [0.5, 0.6) is 0 Å². The highest BCUT2D eigenvalue weighted by molar-refractivity contribution is 7.99. The molecular weight excluding hydrogens is 384 g/mol. The van der Waals surface area contributed by atoms with E-state index in [1.165, 1.54) is 4.90 Å². The van der Waals surface area contributed by atoms with E-state index in [4.69, 9.17) is 0 Å². The number of urea groups is 1. The average molecular weight is 411 g/mol. The van der Waals surface area contributed by atoms with E-state index in [-0.39, 0.29) is 11.9 Å². The summed E-state index contributed by atoms with van der Waals surface area (Å²) in [6, 6.07) is 17.7. The number of hydrogen-bond donors (Lipinski definition) is 2. The zero-order valence-electron chi connectivity index (χ0n) is 16.7. The largest absolute Gasteiger partial charge is 0.347 e. The van der Waals surface area contributed by atoms with E-state index in [1.807, 2.05) is 53.2 Å². The maximum atomic E-state index is 12.1. The lowest BCUT2D eigenvalue weighted by Gasteiger charge is -2.12. The molecule has 0 bridgehead atoms. The van der Waals surface area contributed by atoms with Gasteiger partial charge in [-0.3, -0.25) is 4.79 Å². The molecule has 3 amide bonds. The first-order chi connectivity index (χ1) is 14.0. The highest BCUT2D eigenvalue weighted by atomic mass is 32.2. The van der Waals surface area contributed by atoms with E-state index < -0.39 is 0 Å². The second-order valence-electron chi connectivity index (χ2n) is 6.90. The number of carbonyl (C=O) groups is 2. The summed E-state index contributed by atoms with van der Waals surface area (Å²) in [7, 11) is 3.49. The van der Waals surface area contributed by atoms with Gasteiger partial charge in [0.2, 0.25) is 5.91 Å². The molecule has 0 saturated heterocycles. The number of thioether (sulfide) groups is 1. The molecule has 2 aromatic carbocycles. The number of aromatic nitrogens is 1. The molecule has 7 heteroatoms. The van der Waals surface area contributed by atoms with Crippen molar-refractivity contribution in [2.24, 2.45) is 0 Å². The summed E-state index contributed by atoms with van der Waals surface area (Å²) in [5, 5.41) is 6.74. The molecule has 152 valence electrons. The number of nitrogens with one attached hydrogen (secondary N) is 2. The van der Waals surface area contributed by atoms with Crippen LogP contribution in [0.15, 0.2) is 65.7 Å². The van der Waals surface area contributed by atoms with Crippen molar-refractivity contribution < 1.29 is 9.59 Å². The zero-order valence-corrected chi connectivity index (χ0v) is 17.5. The summed E-state index contributed by atoms with van der Waals surface area (Å²) >= 11 is 1.78. The third kappa shape index (κ3) is 6.02. The Bertz CT molecular complexity index is 969. The number of carbonyl (C=O) groups excluding carboxylic acids is 2. The Balaban J connectivity index is 1.46. The van der Waals surface area contributed by atoms with Crippen LogP contribution in [-0.2, 0) is 11.3 Å². The summed E-state index contributed by atoms with van der Waals surface area (Å²) < 4.78 is 1.91. The molecule has 29 heavy (non-hydrogen) atoms. The number of hydrogen-bond acceptors (Lipinski definition) is 3. The van der Waals surface area contributed by atoms with Crippen molar-refractivity contribution in [3.05, 3.63) is 60.8 Å². The lowest BCUT2D eigenvalue weighted by Crippen LogP contribution is -2.29. The second-order valence-corrected chi connectivity index (χ2v) is 8.07. The number of likely N-dealkylation sites (N-methyl/N-ethyl adjacent to an activating group) is 1. The molecule has 0 aliphatic carbocycles. The average Bonchev–Trinajstić information content (AvgIpc) is 3.10. The Kier molecular flexibility index (Phi) is 7.19. The van der Waals surface area contributed by atoms with Crippen molar-refractivity contribution in [3.8, 4) is 0 Å². The molecule has 1 heterocycles. The summed E-state index contributed by atoms with van der Waals surface area (Å²) in [5.74, 6) is 0.990. The molecule has 0 fully saturated rings. The van der Waals surface area contributed by atoms with E-state index >= 15 is 0 Å². The third-order valence-electron chi connectivity index (χ3n) is 4.45. The van der Waals surface area contributed by atoms with Gasteiger partial charge in [-0.15, -0.1) is 11.8 Å². The first-order valence-corrected chi connectivity index (χ1v) is 10.5. The van der Waals surface area contributed by atoms with Crippen LogP contribution in [0.25, 0.3) is 10.9 Å². The summed E-state index contributed by atoms with van der Waals surface area (Å²) in [5.41, 5.74) is 1.69. The Morgan fingerprint density at radius 3 is 2.62 bits per heavy atom. The Labute approximate surface area is 175 Å². The fourth-order valence-electron chi connectivity index (χ4n) is 2.86. The maximum absolute atomic E-state index is 12.1. The smallest absolute Gasteiger partial charge is 0.319 e. The number of fused-ring (bicyclic) bond motifs is 1. The van der Waals surface area contributed by atoms with Gasteiger partial charge in [-0.05, 0) is 48.6 Å². The summed E-state index contributed by atoms with van der Waals surface area (Å²) in [4.78, 5) is 26.9. The van der Waals surface area contributed by atoms with Gasteiger partial charge in [-0.1, -0.05) is 18.2 Å². The number of amides is 3. The second kappa shape index (κ2) is 10.0. The van der Waals surface area contributed by atoms with Gasteiger partial charge in [0.15, 0.2) is 0 Å². The minimum absolute atomic E-state index is 0.0366. The molecule has 0 aliphatic heterocycles. The highest BCUT2D eigenvalue weighted by Gasteiger charge is 2.09. The minimum atomic E-state index is -0.212. The predicted molar refractivity (Wildman–Crippen MR) is 119 cm³/mol. The van der Waals surface area contributed by atoms with Gasteiger partial charge in [0, 0.05) is 48.3 Å². The number of benzene rings is 2. The highest BCUT2D eigenvalue weighted by Crippen LogP contribution is 2.21. The van der Waals surface area contributed by atoms with E-state index in [0.717, 1.165) is 28.8 Å². The molecule has 3 rings (SSSR count). The fourth-order valence-corrected chi connectivity index (χ4v) is 3.73. The van der Waals surface area contributed by atoms with E-state index in [1.54, 1.807) is 30.8 Å². The van der Waals surface area contributed by atoms with Gasteiger partial charge in [0.05, 0.1) is 0 Å². The third-order valence-corrected chi connectivity index (χ3v) is 5.55. The van der Waals surface area contributed by atoms with Crippen LogP contribution in [0.4, 0.5) is 10.5 Å². The fraction of sp³-hybridized carbons (Fsp3) is 0.273. The lowest BCUT2D eigenvalue weighted by atomic mass is 10.2. The topological polar surface area (TPSA) is 66.4 Å². The van der Waals surface area contributed by atoms with E-state index in [0.29, 0.717) is 13.1 Å². The van der Waals surface area contributed by atoms with Crippen LogP contribution < -0.4 is 10.6 Å². The van der Waals surface area contributed by atoms with Crippen LogP contribution in [0.2, 0.25) is 0 Å². The van der Waals surface area contributed by atoms with Gasteiger partial charge >= 0.3 is 6.03 Å². The molecule has 0 spiro atoms. The standard InChI is InChI=1S/C22H26N4O2S/c1-25(2)21(27)16-26-13-11-17-15-18(9-10-20(17)26)24-22(28)23-12-6-14-29-19-7-4-3-5-8-19/h3-5,7-11,13,15H,6,12,14,16H2,1-2H3,(H2,23,24,28). The van der Waals surface area contributed by atoms with E-state index in [2.05, 4.69) is 22.8 Å². The monoisotopic (exact) mass is 410 g/mol. The normalized spacial score (nSPS) is 10.7. The Hall–Kier alpha value is -2.93.